The molecular weight excluding hydrogens is 432 g/mol. The summed E-state index contributed by atoms with van der Waals surface area (Å²) >= 11 is 0. The SMILES string of the molecule is CN(C(=O)CCNC(=O)OCC1c2ccccc2-c2ccccc21)C1(CC(=O)O)CCCCC1. The summed E-state index contributed by atoms with van der Waals surface area (Å²) in [6.07, 6.45) is 3.79. The van der Waals surface area contributed by atoms with Crippen molar-refractivity contribution >= 4 is 18.0 Å². The molecule has 0 radical (unpaired) electrons. The van der Waals surface area contributed by atoms with Crippen LogP contribution in [0.25, 0.3) is 11.1 Å². The maximum absolute atomic E-state index is 12.8. The Kier molecular flexibility index (Phi) is 7.20. The molecule has 2 aromatic rings. The van der Waals surface area contributed by atoms with Crippen LogP contribution in [0, 0.1) is 0 Å². The molecule has 2 aliphatic rings. The number of benzene rings is 2. The first-order valence-corrected chi connectivity index (χ1v) is 12.0. The molecule has 0 aromatic heterocycles. The molecule has 0 heterocycles. The van der Waals surface area contributed by atoms with E-state index in [0.717, 1.165) is 30.4 Å². The molecule has 1 saturated carbocycles. The van der Waals surface area contributed by atoms with Gasteiger partial charge in [0, 0.05) is 25.9 Å². The van der Waals surface area contributed by atoms with Crippen LogP contribution in [-0.2, 0) is 14.3 Å². The zero-order valence-corrected chi connectivity index (χ0v) is 19.6. The Morgan fingerprint density at radius 3 is 2.18 bits per heavy atom. The van der Waals surface area contributed by atoms with Crippen LogP contribution < -0.4 is 5.32 Å². The van der Waals surface area contributed by atoms with Crippen molar-refractivity contribution in [3.8, 4) is 11.1 Å². The van der Waals surface area contributed by atoms with E-state index in [2.05, 4.69) is 29.6 Å². The molecule has 0 atom stereocenters. The minimum Gasteiger partial charge on any atom is -0.481 e. The van der Waals surface area contributed by atoms with Gasteiger partial charge in [-0.25, -0.2) is 4.79 Å². The fraction of sp³-hybridized carbons (Fsp3) is 0.444. The quantitative estimate of drug-likeness (QED) is 0.597. The minimum absolute atomic E-state index is 0.0203. The number of nitrogens with zero attached hydrogens (tertiary/aromatic N) is 1. The van der Waals surface area contributed by atoms with E-state index in [1.54, 1.807) is 11.9 Å². The Morgan fingerprint density at radius 1 is 1.00 bits per heavy atom. The summed E-state index contributed by atoms with van der Waals surface area (Å²) in [7, 11) is 1.68. The number of nitrogens with one attached hydrogen (secondary N) is 1. The van der Waals surface area contributed by atoms with E-state index in [-0.39, 0.29) is 37.8 Å². The minimum atomic E-state index is -0.890. The Balaban J connectivity index is 1.29. The molecule has 2 N–H and O–H groups in total. The molecule has 0 unspecified atom stereocenters. The fourth-order valence-electron chi connectivity index (χ4n) is 5.48. The molecule has 1 fully saturated rings. The summed E-state index contributed by atoms with van der Waals surface area (Å²) in [6.45, 7) is 0.360. The normalized spacial score (nSPS) is 16.3. The number of ether oxygens (including phenoxy) is 1. The lowest BCUT2D eigenvalue weighted by atomic mass is 9.78. The standard InChI is InChI=1S/C27H32N2O5/c1-29(27(17-25(31)32)14-7-2-8-15-27)24(30)13-16-28-26(33)34-18-23-21-11-5-3-9-19(21)20-10-4-6-12-22(20)23/h3-6,9-12,23H,2,7-8,13-18H2,1H3,(H,28,33)(H,31,32). The monoisotopic (exact) mass is 464 g/mol. The van der Waals surface area contributed by atoms with Crippen LogP contribution in [0.2, 0.25) is 0 Å². The second-order valence-electron chi connectivity index (χ2n) is 9.31. The Morgan fingerprint density at radius 2 is 1.59 bits per heavy atom. The van der Waals surface area contributed by atoms with E-state index in [1.807, 2.05) is 24.3 Å². The van der Waals surface area contributed by atoms with E-state index in [0.29, 0.717) is 12.8 Å². The van der Waals surface area contributed by atoms with Crippen molar-refractivity contribution in [1.82, 2.24) is 10.2 Å². The van der Waals surface area contributed by atoms with Gasteiger partial charge in [-0.3, -0.25) is 9.59 Å². The van der Waals surface area contributed by atoms with Crippen molar-refractivity contribution in [2.75, 3.05) is 20.2 Å². The first-order chi connectivity index (χ1) is 16.4. The maximum atomic E-state index is 12.8. The molecule has 0 spiro atoms. The molecule has 2 aliphatic carbocycles. The number of carbonyl (C=O) groups is 3. The highest BCUT2D eigenvalue weighted by molar-refractivity contribution is 5.80. The van der Waals surface area contributed by atoms with E-state index >= 15 is 0 Å². The van der Waals surface area contributed by atoms with Crippen LogP contribution in [0.5, 0.6) is 0 Å². The van der Waals surface area contributed by atoms with Gasteiger partial charge in [-0.05, 0) is 35.1 Å². The smallest absolute Gasteiger partial charge is 0.407 e. The lowest BCUT2D eigenvalue weighted by molar-refractivity contribution is -0.145. The predicted molar refractivity (Wildman–Crippen MR) is 129 cm³/mol. The molecule has 180 valence electrons. The summed E-state index contributed by atoms with van der Waals surface area (Å²) in [4.78, 5) is 38.2. The number of aliphatic carboxylic acids is 1. The molecule has 0 aliphatic heterocycles. The lowest BCUT2D eigenvalue weighted by Crippen LogP contribution is -2.52. The van der Waals surface area contributed by atoms with Gasteiger partial charge < -0.3 is 20.1 Å². The second kappa shape index (κ2) is 10.3. The van der Waals surface area contributed by atoms with Crippen molar-refractivity contribution in [1.29, 1.82) is 0 Å². The first-order valence-electron chi connectivity index (χ1n) is 12.0. The third-order valence-corrected chi connectivity index (χ3v) is 7.30. The highest BCUT2D eigenvalue weighted by Gasteiger charge is 2.40. The van der Waals surface area contributed by atoms with E-state index in [1.165, 1.54) is 11.1 Å². The molecular formula is C27H32N2O5. The van der Waals surface area contributed by atoms with Gasteiger partial charge in [-0.2, -0.15) is 0 Å². The van der Waals surface area contributed by atoms with E-state index in [4.69, 9.17) is 4.74 Å². The van der Waals surface area contributed by atoms with Gasteiger partial charge in [0.05, 0.1) is 12.0 Å². The average molecular weight is 465 g/mol. The molecule has 34 heavy (non-hydrogen) atoms. The zero-order chi connectivity index (χ0) is 24.1. The molecule has 2 amide bonds. The number of carbonyl (C=O) groups excluding carboxylic acids is 2. The van der Waals surface area contributed by atoms with Gasteiger partial charge >= 0.3 is 12.1 Å². The highest BCUT2D eigenvalue weighted by atomic mass is 16.5. The molecule has 0 bridgehead atoms. The summed E-state index contributed by atoms with van der Waals surface area (Å²) in [5.74, 6) is -1.08. The van der Waals surface area contributed by atoms with Crippen molar-refractivity contribution < 1.29 is 24.2 Å². The average Bonchev–Trinajstić information content (AvgIpc) is 3.16. The number of rotatable bonds is 8. The van der Waals surface area contributed by atoms with E-state index < -0.39 is 17.6 Å². The lowest BCUT2D eigenvalue weighted by Gasteiger charge is -2.44. The zero-order valence-electron chi connectivity index (χ0n) is 19.6. The van der Waals surface area contributed by atoms with Crippen molar-refractivity contribution in [2.24, 2.45) is 0 Å². The summed E-state index contributed by atoms with van der Waals surface area (Å²) < 4.78 is 5.52. The highest BCUT2D eigenvalue weighted by Crippen LogP contribution is 2.44. The number of hydrogen-bond donors (Lipinski definition) is 2. The molecule has 7 heteroatoms. The Labute approximate surface area is 200 Å². The van der Waals surface area contributed by atoms with Crippen LogP contribution >= 0.6 is 0 Å². The number of carboxylic acid groups (broad SMARTS) is 1. The third kappa shape index (κ3) is 4.93. The summed E-state index contributed by atoms with van der Waals surface area (Å²) in [5.41, 5.74) is 3.98. The van der Waals surface area contributed by atoms with Crippen LogP contribution in [0.1, 0.15) is 62.0 Å². The van der Waals surface area contributed by atoms with Gasteiger partial charge in [0.1, 0.15) is 6.61 Å². The summed E-state index contributed by atoms with van der Waals surface area (Å²) in [6, 6.07) is 16.3. The van der Waals surface area contributed by atoms with Crippen LogP contribution in [0.4, 0.5) is 4.79 Å². The van der Waals surface area contributed by atoms with Crippen molar-refractivity contribution in [3.63, 3.8) is 0 Å². The number of hydrogen-bond acceptors (Lipinski definition) is 4. The van der Waals surface area contributed by atoms with Gasteiger partial charge in [0.15, 0.2) is 0 Å². The van der Waals surface area contributed by atoms with Crippen LogP contribution in [-0.4, -0.2) is 53.7 Å². The molecule has 0 saturated heterocycles. The fourth-order valence-corrected chi connectivity index (χ4v) is 5.48. The van der Waals surface area contributed by atoms with Gasteiger partial charge in [-0.1, -0.05) is 67.8 Å². The molecule has 4 rings (SSSR count). The van der Waals surface area contributed by atoms with Crippen molar-refractivity contribution in [3.05, 3.63) is 59.7 Å². The third-order valence-electron chi connectivity index (χ3n) is 7.30. The van der Waals surface area contributed by atoms with Gasteiger partial charge in [0.25, 0.3) is 0 Å². The Hall–Kier alpha value is -3.35. The van der Waals surface area contributed by atoms with Gasteiger partial charge in [-0.15, -0.1) is 0 Å². The van der Waals surface area contributed by atoms with Crippen molar-refractivity contribution in [2.45, 2.75) is 56.4 Å². The summed E-state index contributed by atoms with van der Waals surface area (Å²) in [5, 5.41) is 12.0. The Bertz CT molecular complexity index is 1010. The largest absolute Gasteiger partial charge is 0.481 e. The maximum Gasteiger partial charge on any atom is 0.407 e. The number of fused-ring (bicyclic) bond motifs is 3. The van der Waals surface area contributed by atoms with E-state index in [9.17, 15) is 19.5 Å². The van der Waals surface area contributed by atoms with Crippen LogP contribution in [0.3, 0.4) is 0 Å². The van der Waals surface area contributed by atoms with Crippen LogP contribution in [0.15, 0.2) is 48.5 Å². The first kappa shape index (κ1) is 23.8. The number of alkyl carbamates (subject to hydrolysis) is 1. The second-order valence-corrected chi connectivity index (χ2v) is 9.31. The number of carboxylic acids is 1. The topological polar surface area (TPSA) is 95.9 Å². The number of amides is 2. The molecule has 7 nitrogen and oxygen atoms in total. The van der Waals surface area contributed by atoms with Gasteiger partial charge in [0.2, 0.25) is 5.91 Å². The predicted octanol–water partition coefficient (Wildman–Crippen LogP) is 4.55. The molecule has 2 aromatic carbocycles.